The summed E-state index contributed by atoms with van der Waals surface area (Å²) in [6.45, 7) is 15.0. The SMILES string of the molecule is CCN(C(=O)C(CO)NC(=O)OC(C)(C)C)C(C(=O)NC(Cc1ccccc1)C(=O)OC(C)(C)C)c1cc(C)ccc1C. The normalized spacial score (nSPS) is 13.7. The summed E-state index contributed by atoms with van der Waals surface area (Å²) in [5.41, 5.74) is 1.34. The van der Waals surface area contributed by atoms with Crippen LogP contribution >= 0.6 is 0 Å². The van der Waals surface area contributed by atoms with E-state index in [1.807, 2.05) is 62.4 Å². The Bertz CT molecular complexity index is 1270. The lowest BCUT2D eigenvalue weighted by atomic mass is 9.95. The standard InChI is InChI=1S/C33H47N3O7/c1-10-36(29(39)26(20-37)35-31(41)43-33(7,8)9)27(24-18-21(2)16-17-22(24)3)28(38)34-25(30(40)42-32(4,5)6)19-23-14-12-11-13-15-23/h11-18,25-27,37H,10,19-20H2,1-9H3,(H,34,38)(H,35,41). The van der Waals surface area contributed by atoms with E-state index < -0.39 is 59.8 Å². The predicted octanol–water partition coefficient (Wildman–Crippen LogP) is 4.15. The summed E-state index contributed by atoms with van der Waals surface area (Å²) < 4.78 is 10.9. The number of nitrogens with zero attached hydrogens (tertiary/aromatic N) is 1. The number of hydrogen-bond donors (Lipinski definition) is 3. The first-order chi connectivity index (χ1) is 20.0. The van der Waals surface area contributed by atoms with Crippen molar-refractivity contribution >= 4 is 23.9 Å². The Morgan fingerprint density at radius 3 is 2.00 bits per heavy atom. The lowest BCUT2D eigenvalue weighted by Gasteiger charge is -2.35. The van der Waals surface area contributed by atoms with Crippen LogP contribution in [0.4, 0.5) is 4.79 Å². The Hall–Kier alpha value is -3.92. The first-order valence-electron chi connectivity index (χ1n) is 14.5. The molecule has 2 aromatic carbocycles. The van der Waals surface area contributed by atoms with Gasteiger partial charge in [0.2, 0.25) is 11.8 Å². The molecule has 3 amide bonds. The number of hydrogen-bond acceptors (Lipinski definition) is 7. The highest BCUT2D eigenvalue weighted by atomic mass is 16.6. The fourth-order valence-electron chi connectivity index (χ4n) is 4.47. The average Bonchev–Trinajstić information content (AvgIpc) is 2.89. The number of nitrogens with one attached hydrogen (secondary N) is 2. The molecule has 0 spiro atoms. The number of aryl methyl sites for hydroxylation is 2. The molecule has 0 aliphatic heterocycles. The zero-order chi connectivity index (χ0) is 32.5. The minimum absolute atomic E-state index is 0.0621. The largest absolute Gasteiger partial charge is 0.458 e. The highest BCUT2D eigenvalue weighted by molar-refractivity contribution is 5.94. The van der Waals surface area contributed by atoms with E-state index in [0.717, 1.165) is 16.7 Å². The highest BCUT2D eigenvalue weighted by Crippen LogP contribution is 2.27. The van der Waals surface area contributed by atoms with Crippen LogP contribution in [0, 0.1) is 13.8 Å². The summed E-state index contributed by atoms with van der Waals surface area (Å²) in [6.07, 6.45) is -0.711. The molecule has 0 radical (unpaired) electrons. The average molecular weight is 598 g/mol. The Morgan fingerprint density at radius 1 is 0.860 bits per heavy atom. The number of ether oxygens (including phenoxy) is 2. The van der Waals surface area contributed by atoms with Crippen LogP contribution in [0.15, 0.2) is 48.5 Å². The third-order valence-electron chi connectivity index (χ3n) is 6.38. The predicted molar refractivity (Wildman–Crippen MR) is 164 cm³/mol. The maximum absolute atomic E-state index is 14.2. The van der Waals surface area contributed by atoms with Gasteiger partial charge in [0.1, 0.15) is 29.3 Å². The fraction of sp³-hybridized carbons (Fsp3) is 0.515. The molecule has 3 N–H and O–H groups in total. The molecule has 0 aromatic heterocycles. The van der Waals surface area contributed by atoms with Crippen molar-refractivity contribution in [2.45, 2.75) is 98.1 Å². The summed E-state index contributed by atoms with van der Waals surface area (Å²) in [6, 6.07) is 11.2. The number of esters is 1. The van der Waals surface area contributed by atoms with Gasteiger partial charge in [-0.15, -0.1) is 0 Å². The second-order valence-corrected chi connectivity index (χ2v) is 12.6. The van der Waals surface area contributed by atoms with Crippen molar-refractivity contribution in [3.05, 3.63) is 70.8 Å². The summed E-state index contributed by atoms with van der Waals surface area (Å²) in [5, 5.41) is 15.4. The monoisotopic (exact) mass is 597 g/mol. The third-order valence-corrected chi connectivity index (χ3v) is 6.38. The van der Waals surface area contributed by atoms with Crippen LogP contribution in [0.25, 0.3) is 0 Å². The molecule has 10 nitrogen and oxygen atoms in total. The molecule has 2 rings (SSSR count). The van der Waals surface area contributed by atoms with Gasteiger partial charge in [0.25, 0.3) is 0 Å². The second-order valence-electron chi connectivity index (χ2n) is 12.6. The van der Waals surface area contributed by atoms with Gasteiger partial charge in [0.05, 0.1) is 6.61 Å². The Morgan fingerprint density at radius 2 is 1.47 bits per heavy atom. The van der Waals surface area contributed by atoms with Gasteiger partial charge in [-0.3, -0.25) is 9.59 Å². The number of carbonyl (C=O) groups excluding carboxylic acids is 4. The number of aliphatic hydroxyl groups is 1. The number of alkyl carbamates (subject to hydrolysis) is 1. The van der Waals surface area contributed by atoms with Crippen molar-refractivity contribution < 1.29 is 33.8 Å². The molecule has 236 valence electrons. The van der Waals surface area contributed by atoms with Crippen LogP contribution in [-0.4, -0.2) is 70.3 Å². The quantitative estimate of drug-likeness (QED) is 0.331. The van der Waals surface area contributed by atoms with Crippen molar-refractivity contribution in [3.63, 3.8) is 0 Å². The zero-order valence-corrected chi connectivity index (χ0v) is 26.8. The van der Waals surface area contributed by atoms with Gasteiger partial charge in [0.15, 0.2) is 0 Å². The van der Waals surface area contributed by atoms with E-state index in [1.165, 1.54) is 4.90 Å². The topological polar surface area (TPSA) is 134 Å². The third kappa shape index (κ3) is 11.0. The van der Waals surface area contributed by atoms with Crippen LogP contribution in [0.3, 0.4) is 0 Å². The summed E-state index contributed by atoms with van der Waals surface area (Å²) >= 11 is 0. The van der Waals surface area contributed by atoms with Crippen LogP contribution in [0.5, 0.6) is 0 Å². The molecule has 0 heterocycles. The smallest absolute Gasteiger partial charge is 0.408 e. The molecule has 0 aliphatic rings. The van der Waals surface area contributed by atoms with Crippen LogP contribution in [0.2, 0.25) is 0 Å². The van der Waals surface area contributed by atoms with Crippen LogP contribution < -0.4 is 10.6 Å². The summed E-state index contributed by atoms with van der Waals surface area (Å²) in [5.74, 6) is -1.91. The molecule has 0 fully saturated rings. The maximum atomic E-state index is 14.2. The Labute approximate surface area is 255 Å². The number of aliphatic hydroxyl groups excluding tert-OH is 1. The van der Waals surface area contributed by atoms with E-state index in [2.05, 4.69) is 10.6 Å². The minimum atomic E-state index is -1.37. The first-order valence-corrected chi connectivity index (χ1v) is 14.5. The van der Waals surface area contributed by atoms with Gasteiger partial charge in [0, 0.05) is 13.0 Å². The van der Waals surface area contributed by atoms with Crippen molar-refractivity contribution in [2.75, 3.05) is 13.2 Å². The minimum Gasteiger partial charge on any atom is -0.458 e. The number of amides is 3. The summed E-state index contributed by atoms with van der Waals surface area (Å²) in [7, 11) is 0. The molecule has 10 heteroatoms. The molecular weight excluding hydrogens is 550 g/mol. The zero-order valence-electron chi connectivity index (χ0n) is 26.8. The lowest BCUT2D eigenvalue weighted by Crippen LogP contribution is -2.56. The first kappa shape index (κ1) is 35.3. The molecular formula is C33H47N3O7. The van der Waals surface area contributed by atoms with E-state index in [-0.39, 0.29) is 13.0 Å². The maximum Gasteiger partial charge on any atom is 0.408 e. The van der Waals surface area contributed by atoms with Crippen molar-refractivity contribution in [3.8, 4) is 0 Å². The van der Waals surface area contributed by atoms with Crippen molar-refractivity contribution in [1.82, 2.24) is 15.5 Å². The van der Waals surface area contributed by atoms with Gasteiger partial charge < -0.3 is 30.1 Å². The van der Waals surface area contributed by atoms with Crippen molar-refractivity contribution in [1.29, 1.82) is 0 Å². The van der Waals surface area contributed by atoms with Gasteiger partial charge in [-0.25, -0.2) is 9.59 Å². The van der Waals surface area contributed by atoms with Gasteiger partial charge in [-0.1, -0.05) is 54.1 Å². The lowest BCUT2D eigenvalue weighted by molar-refractivity contribution is -0.159. The molecule has 3 unspecified atom stereocenters. The second kappa shape index (κ2) is 15.0. The highest BCUT2D eigenvalue weighted by Gasteiger charge is 2.38. The van der Waals surface area contributed by atoms with Gasteiger partial charge in [-0.2, -0.15) is 0 Å². The van der Waals surface area contributed by atoms with Crippen LogP contribution in [-0.2, 0) is 30.3 Å². The molecule has 43 heavy (non-hydrogen) atoms. The molecule has 0 bridgehead atoms. The number of likely N-dealkylation sites (N-methyl/N-ethyl adjacent to an activating group) is 1. The van der Waals surface area contributed by atoms with E-state index in [0.29, 0.717) is 5.56 Å². The van der Waals surface area contributed by atoms with Gasteiger partial charge >= 0.3 is 12.1 Å². The molecule has 0 aliphatic carbocycles. The Balaban J connectivity index is 2.53. The Kier molecular flexibility index (Phi) is 12.3. The van der Waals surface area contributed by atoms with Crippen molar-refractivity contribution in [2.24, 2.45) is 0 Å². The molecule has 0 saturated heterocycles. The number of benzene rings is 2. The van der Waals surface area contributed by atoms with E-state index in [9.17, 15) is 24.3 Å². The number of carbonyl (C=O) groups is 4. The molecule has 3 atom stereocenters. The van der Waals surface area contributed by atoms with Crippen LogP contribution in [0.1, 0.15) is 76.8 Å². The van der Waals surface area contributed by atoms with E-state index in [1.54, 1.807) is 48.5 Å². The van der Waals surface area contributed by atoms with E-state index in [4.69, 9.17) is 9.47 Å². The fourth-order valence-corrected chi connectivity index (χ4v) is 4.47. The van der Waals surface area contributed by atoms with E-state index >= 15 is 0 Å². The molecule has 2 aromatic rings. The number of rotatable bonds is 11. The summed E-state index contributed by atoms with van der Waals surface area (Å²) in [4.78, 5) is 55.2. The molecule has 0 saturated carbocycles. The van der Waals surface area contributed by atoms with Gasteiger partial charge in [-0.05, 0) is 79.0 Å².